The SMILES string of the molecule is CC(C)(C)OC(=O)[C@H](CN(N=S(=O)=O)C(=O)c1ccc(OCCOC2CCN(C(=O)OC(C)(C)C)CC2)cc1)c1ccccc1. The summed E-state index contributed by atoms with van der Waals surface area (Å²) in [5.74, 6) is -1.82. The lowest BCUT2D eigenvalue weighted by atomic mass is 9.98. The number of hydrogen-bond acceptors (Lipinski definition) is 10. The summed E-state index contributed by atoms with van der Waals surface area (Å²) in [6.45, 7) is 12.1. The molecule has 1 saturated heterocycles. The first-order valence-corrected chi connectivity index (χ1v) is 15.9. The maximum Gasteiger partial charge on any atom is 0.410 e. The highest BCUT2D eigenvalue weighted by atomic mass is 32.2. The summed E-state index contributed by atoms with van der Waals surface area (Å²) in [6.07, 6.45) is 1.09. The standard InChI is InChI=1S/C32H43N3O9S/c1-31(2,3)43-29(37)27(23-10-8-7-9-11-23)22-35(33-45(39)40)28(36)24-12-14-25(15-13-24)41-20-21-42-26-16-18-34(19-17-26)30(38)44-32(4,5)6/h7-15,26-27H,16-22H2,1-6H3/t27-/m1/s1. The van der Waals surface area contributed by atoms with Crippen LogP contribution in [0.5, 0.6) is 5.75 Å². The Labute approximate surface area is 266 Å². The van der Waals surface area contributed by atoms with Gasteiger partial charge >= 0.3 is 22.6 Å². The molecule has 0 radical (unpaired) electrons. The second kappa shape index (κ2) is 15.8. The summed E-state index contributed by atoms with van der Waals surface area (Å²) >= 11 is 0. The predicted molar refractivity (Wildman–Crippen MR) is 166 cm³/mol. The van der Waals surface area contributed by atoms with E-state index in [-0.39, 0.29) is 30.9 Å². The minimum absolute atomic E-state index is 0.00831. The van der Waals surface area contributed by atoms with Gasteiger partial charge in [0.2, 0.25) is 0 Å². The number of benzene rings is 2. The van der Waals surface area contributed by atoms with Crippen molar-refractivity contribution in [2.75, 3.05) is 32.8 Å². The van der Waals surface area contributed by atoms with Crippen molar-refractivity contribution >= 4 is 28.5 Å². The van der Waals surface area contributed by atoms with Crippen molar-refractivity contribution in [1.82, 2.24) is 9.91 Å². The van der Waals surface area contributed by atoms with Gasteiger partial charge in [-0.1, -0.05) is 30.3 Å². The van der Waals surface area contributed by atoms with Gasteiger partial charge in [0.05, 0.1) is 19.3 Å². The number of ether oxygens (including phenoxy) is 4. The lowest BCUT2D eigenvalue weighted by molar-refractivity contribution is -0.157. The van der Waals surface area contributed by atoms with Crippen LogP contribution < -0.4 is 4.74 Å². The fraction of sp³-hybridized carbons (Fsp3) is 0.531. The van der Waals surface area contributed by atoms with Crippen LogP contribution in [-0.2, 0) is 29.5 Å². The van der Waals surface area contributed by atoms with Gasteiger partial charge in [0, 0.05) is 18.7 Å². The van der Waals surface area contributed by atoms with Crippen molar-refractivity contribution < 1.29 is 41.7 Å². The van der Waals surface area contributed by atoms with Crippen molar-refractivity contribution in [3.05, 3.63) is 65.7 Å². The van der Waals surface area contributed by atoms with E-state index in [4.69, 9.17) is 18.9 Å². The third-order valence-electron chi connectivity index (χ3n) is 6.55. The summed E-state index contributed by atoms with van der Waals surface area (Å²) in [7, 11) is -2.95. The largest absolute Gasteiger partial charge is 0.491 e. The Morgan fingerprint density at radius 2 is 1.49 bits per heavy atom. The van der Waals surface area contributed by atoms with Crippen LogP contribution in [0.15, 0.2) is 59.1 Å². The Hall–Kier alpha value is -3.97. The van der Waals surface area contributed by atoms with Crippen LogP contribution in [0.25, 0.3) is 0 Å². The van der Waals surface area contributed by atoms with Gasteiger partial charge in [0.15, 0.2) is 0 Å². The zero-order chi connectivity index (χ0) is 33.2. The summed E-state index contributed by atoms with van der Waals surface area (Å²) in [5, 5.41) is 0.752. The van der Waals surface area contributed by atoms with Crippen LogP contribution in [0.3, 0.4) is 0 Å². The number of carbonyl (C=O) groups excluding carboxylic acids is 3. The van der Waals surface area contributed by atoms with E-state index in [1.54, 1.807) is 68.1 Å². The predicted octanol–water partition coefficient (Wildman–Crippen LogP) is 5.03. The molecule has 45 heavy (non-hydrogen) atoms. The van der Waals surface area contributed by atoms with E-state index < -0.39 is 39.5 Å². The smallest absolute Gasteiger partial charge is 0.410 e. The Kier molecular flexibility index (Phi) is 12.5. The molecule has 0 bridgehead atoms. The molecule has 0 aliphatic carbocycles. The number of likely N-dealkylation sites (tertiary alicyclic amines) is 1. The van der Waals surface area contributed by atoms with Crippen LogP contribution in [0, 0.1) is 0 Å². The summed E-state index contributed by atoms with van der Waals surface area (Å²) in [6, 6.07) is 14.8. The minimum Gasteiger partial charge on any atom is -0.491 e. The van der Waals surface area contributed by atoms with Crippen LogP contribution >= 0.6 is 0 Å². The van der Waals surface area contributed by atoms with Gasteiger partial charge in [-0.05, 0) is 88.7 Å². The molecule has 0 unspecified atom stereocenters. The fourth-order valence-corrected chi connectivity index (χ4v) is 4.83. The van der Waals surface area contributed by atoms with Gasteiger partial charge in [-0.3, -0.25) is 9.59 Å². The molecule has 13 heteroatoms. The molecule has 12 nitrogen and oxygen atoms in total. The number of esters is 1. The molecular weight excluding hydrogens is 602 g/mol. The first-order chi connectivity index (χ1) is 21.1. The molecule has 246 valence electrons. The van der Waals surface area contributed by atoms with Crippen molar-refractivity contribution in [2.24, 2.45) is 4.47 Å². The lowest BCUT2D eigenvalue weighted by Gasteiger charge is -2.33. The normalized spacial score (nSPS) is 14.7. The molecule has 1 fully saturated rings. The van der Waals surface area contributed by atoms with E-state index >= 15 is 0 Å². The molecule has 1 atom stereocenters. The second-order valence-corrected chi connectivity index (χ2v) is 13.2. The molecule has 0 saturated carbocycles. The lowest BCUT2D eigenvalue weighted by Crippen LogP contribution is -2.43. The van der Waals surface area contributed by atoms with Gasteiger partial charge in [0.25, 0.3) is 5.91 Å². The van der Waals surface area contributed by atoms with Crippen LogP contribution in [0.2, 0.25) is 0 Å². The van der Waals surface area contributed by atoms with E-state index in [0.717, 1.165) is 5.01 Å². The Morgan fingerprint density at radius 3 is 2.04 bits per heavy atom. The molecule has 0 spiro atoms. The number of amides is 2. The zero-order valence-corrected chi connectivity index (χ0v) is 27.5. The van der Waals surface area contributed by atoms with Gasteiger partial charge in [-0.25, -0.2) is 9.80 Å². The number of rotatable bonds is 11. The van der Waals surface area contributed by atoms with Crippen molar-refractivity contribution in [2.45, 2.75) is 77.6 Å². The Morgan fingerprint density at radius 1 is 0.889 bits per heavy atom. The highest BCUT2D eigenvalue weighted by Gasteiger charge is 2.31. The number of nitrogens with zero attached hydrogens (tertiary/aromatic N) is 3. The average Bonchev–Trinajstić information content (AvgIpc) is 2.96. The fourth-order valence-electron chi connectivity index (χ4n) is 4.53. The Balaban J connectivity index is 1.56. The number of piperidine rings is 1. The highest BCUT2D eigenvalue weighted by Crippen LogP contribution is 2.24. The first kappa shape index (κ1) is 35.5. The van der Waals surface area contributed by atoms with Gasteiger partial charge in [-0.2, -0.15) is 8.42 Å². The van der Waals surface area contributed by atoms with Crippen molar-refractivity contribution in [3.63, 3.8) is 0 Å². The van der Waals surface area contributed by atoms with Gasteiger partial charge in [-0.15, -0.1) is 0 Å². The molecule has 1 aliphatic heterocycles. The minimum atomic E-state index is -2.95. The number of carbonyl (C=O) groups is 3. The Bertz CT molecular complexity index is 1420. The molecular formula is C32H43N3O9S. The van der Waals surface area contributed by atoms with E-state index in [0.29, 0.717) is 43.9 Å². The van der Waals surface area contributed by atoms with Crippen molar-refractivity contribution in [3.8, 4) is 5.75 Å². The summed E-state index contributed by atoms with van der Waals surface area (Å²) in [4.78, 5) is 40.4. The maximum atomic E-state index is 13.3. The third-order valence-corrected chi connectivity index (χ3v) is 6.88. The van der Waals surface area contributed by atoms with E-state index in [1.165, 1.54) is 12.1 Å². The molecule has 0 N–H and O–H groups in total. The first-order valence-electron chi connectivity index (χ1n) is 14.8. The molecule has 2 aromatic carbocycles. The summed E-state index contributed by atoms with van der Waals surface area (Å²) in [5.41, 5.74) is -0.624. The molecule has 3 rings (SSSR count). The average molecular weight is 646 g/mol. The molecule has 2 aromatic rings. The zero-order valence-electron chi connectivity index (χ0n) is 26.7. The second-order valence-electron chi connectivity index (χ2n) is 12.6. The molecule has 1 heterocycles. The molecule has 1 aliphatic rings. The third kappa shape index (κ3) is 12.1. The molecule has 2 amide bonds. The van der Waals surface area contributed by atoms with Crippen LogP contribution in [0.4, 0.5) is 4.79 Å². The topological polar surface area (TPSA) is 141 Å². The van der Waals surface area contributed by atoms with E-state index in [9.17, 15) is 22.8 Å². The molecule has 0 aromatic heterocycles. The van der Waals surface area contributed by atoms with E-state index in [1.807, 2.05) is 20.8 Å². The monoisotopic (exact) mass is 645 g/mol. The number of hydrogen-bond donors (Lipinski definition) is 0. The van der Waals surface area contributed by atoms with Crippen molar-refractivity contribution in [1.29, 1.82) is 0 Å². The van der Waals surface area contributed by atoms with Crippen LogP contribution in [-0.4, -0.2) is 86.5 Å². The van der Waals surface area contributed by atoms with Gasteiger partial charge in [0.1, 0.15) is 29.5 Å². The maximum absolute atomic E-state index is 13.3. The van der Waals surface area contributed by atoms with E-state index in [2.05, 4.69) is 4.47 Å². The highest BCUT2D eigenvalue weighted by molar-refractivity contribution is 7.61. The van der Waals surface area contributed by atoms with Gasteiger partial charge < -0.3 is 23.8 Å². The van der Waals surface area contributed by atoms with Crippen LogP contribution in [0.1, 0.15) is 76.2 Å². The summed E-state index contributed by atoms with van der Waals surface area (Å²) < 4.78 is 49.2. The quantitative estimate of drug-likeness (QED) is 0.187.